The van der Waals surface area contributed by atoms with Crippen LogP contribution in [0.15, 0.2) is 58.0 Å². The Morgan fingerprint density at radius 2 is 2.04 bits per heavy atom. The molecule has 26 heavy (non-hydrogen) atoms. The van der Waals surface area contributed by atoms with Crippen molar-refractivity contribution in [1.82, 2.24) is 19.5 Å². The number of anilines is 1. The molecule has 1 amide bonds. The summed E-state index contributed by atoms with van der Waals surface area (Å²) in [6, 6.07) is 12.4. The first kappa shape index (κ1) is 16.1. The lowest BCUT2D eigenvalue weighted by Gasteiger charge is -2.08. The molecule has 4 aromatic rings. The number of amides is 1. The Labute approximate surface area is 151 Å². The Morgan fingerprint density at radius 1 is 1.23 bits per heavy atom. The standard InChI is InChI=1S/C17H12ClN5O3/c18-13-9-23-12(2-1-3-15(23)20-13)16(24)19-11-6-4-10(5-7-11)8-14-21-17(25)26-22-14/h1-7,9H,8H2,(H,19,24)(H,21,22,25). The van der Waals surface area contributed by atoms with E-state index in [1.165, 1.54) is 0 Å². The summed E-state index contributed by atoms with van der Waals surface area (Å²) in [5.41, 5.74) is 2.57. The van der Waals surface area contributed by atoms with Gasteiger partial charge in [0.2, 0.25) is 0 Å². The predicted molar refractivity (Wildman–Crippen MR) is 94.5 cm³/mol. The molecule has 0 atom stereocenters. The smallest absolute Gasteiger partial charge is 0.321 e. The van der Waals surface area contributed by atoms with Crippen LogP contribution in [0.4, 0.5) is 5.69 Å². The predicted octanol–water partition coefficient (Wildman–Crippen LogP) is 2.51. The molecular weight excluding hydrogens is 358 g/mol. The van der Waals surface area contributed by atoms with Crippen molar-refractivity contribution in [2.24, 2.45) is 0 Å². The van der Waals surface area contributed by atoms with Gasteiger partial charge >= 0.3 is 5.76 Å². The van der Waals surface area contributed by atoms with Gasteiger partial charge in [-0.25, -0.2) is 9.78 Å². The monoisotopic (exact) mass is 369 g/mol. The minimum absolute atomic E-state index is 0.279. The molecule has 8 nitrogen and oxygen atoms in total. The molecule has 1 aromatic carbocycles. The van der Waals surface area contributed by atoms with E-state index in [0.29, 0.717) is 34.4 Å². The first-order valence-corrected chi connectivity index (χ1v) is 8.05. The maximum Gasteiger partial charge on any atom is 0.438 e. The number of aromatic nitrogens is 4. The minimum Gasteiger partial charge on any atom is -0.321 e. The Balaban J connectivity index is 1.51. The van der Waals surface area contributed by atoms with Gasteiger partial charge in [0.15, 0.2) is 5.82 Å². The number of halogens is 1. The molecule has 2 N–H and O–H groups in total. The van der Waals surface area contributed by atoms with Crippen LogP contribution in [0.5, 0.6) is 0 Å². The van der Waals surface area contributed by atoms with Gasteiger partial charge < -0.3 is 5.32 Å². The van der Waals surface area contributed by atoms with E-state index in [0.717, 1.165) is 5.56 Å². The van der Waals surface area contributed by atoms with Gasteiger partial charge in [-0.3, -0.25) is 18.7 Å². The molecule has 0 aliphatic rings. The number of nitrogens with one attached hydrogen (secondary N) is 2. The van der Waals surface area contributed by atoms with Crippen LogP contribution in [-0.4, -0.2) is 25.4 Å². The number of carbonyl (C=O) groups excluding carboxylic acids is 1. The molecule has 0 saturated carbocycles. The number of carbonyl (C=O) groups is 1. The second-order valence-electron chi connectivity index (χ2n) is 5.57. The molecular formula is C17H12ClN5O3. The third kappa shape index (κ3) is 3.22. The lowest BCUT2D eigenvalue weighted by atomic mass is 10.1. The summed E-state index contributed by atoms with van der Waals surface area (Å²) in [6.07, 6.45) is 2.01. The fourth-order valence-corrected chi connectivity index (χ4v) is 2.78. The molecule has 4 rings (SSSR count). The molecule has 0 saturated heterocycles. The number of fused-ring (bicyclic) bond motifs is 1. The largest absolute Gasteiger partial charge is 0.438 e. The van der Waals surface area contributed by atoms with Crippen molar-refractivity contribution >= 4 is 28.8 Å². The SMILES string of the molecule is O=C(Nc1ccc(Cc2noc(=O)[nH]2)cc1)c1cccc2nc(Cl)cn12. The van der Waals surface area contributed by atoms with E-state index < -0.39 is 5.76 Å². The lowest BCUT2D eigenvalue weighted by Crippen LogP contribution is -2.15. The number of imidazole rings is 1. The van der Waals surface area contributed by atoms with E-state index in [1.54, 1.807) is 40.9 Å². The summed E-state index contributed by atoms with van der Waals surface area (Å²) >= 11 is 5.91. The van der Waals surface area contributed by atoms with Crippen molar-refractivity contribution in [3.05, 3.63) is 81.4 Å². The van der Waals surface area contributed by atoms with Crippen molar-refractivity contribution in [3.63, 3.8) is 0 Å². The molecule has 130 valence electrons. The highest BCUT2D eigenvalue weighted by Gasteiger charge is 2.12. The molecule has 0 bridgehead atoms. The molecule has 9 heteroatoms. The number of hydrogen-bond acceptors (Lipinski definition) is 5. The number of nitrogens with zero attached hydrogens (tertiary/aromatic N) is 3. The highest BCUT2D eigenvalue weighted by atomic mass is 35.5. The fraction of sp³-hybridized carbons (Fsp3) is 0.0588. The first-order valence-electron chi connectivity index (χ1n) is 7.67. The summed E-state index contributed by atoms with van der Waals surface area (Å²) in [5.74, 6) is -0.425. The third-order valence-corrected chi connectivity index (χ3v) is 3.95. The topological polar surface area (TPSA) is 105 Å². The number of aromatic amines is 1. The molecule has 0 radical (unpaired) electrons. The van der Waals surface area contributed by atoms with Crippen molar-refractivity contribution in [2.75, 3.05) is 5.32 Å². The van der Waals surface area contributed by atoms with Crippen LogP contribution in [0.2, 0.25) is 5.15 Å². The minimum atomic E-state index is -0.585. The average molecular weight is 370 g/mol. The quantitative estimate of drug-likeness (QED) is 0.575. The van der Waals surface area contributed by atoms with Crippen LogP contribution in [0.1, 0.15) is 21.9 Å². The molecule has 3 heterocycles. The number of rotatable bonds is 4. The fourth-order valence-electron chi connectivity index (χ4n) is 2.60. The van der Waals surface area contributed by atoms with Crippen LogP contribution >= 0.6 is 11.6 Å². The summed E-state index contributed by atoms with van der Waals surface area (Å²) in [5, 5.41) is 6.77. The van der Waals surface area contributed by atoms with E-state index >= 15 is 0 Å². The third-order valence-electron chi connectivity index (χ3n) is 3.76. The van der Waals surface area contributed by atoms with Crippen LogP contribution < -0.4 is 11.1 Å². The summed E-state index contributed by atoms with van der Waals surface area (Å²) in [7, 11) is 0. The zero-order chi connectivity index (χ0) is 18.1. The highest BCUT2D eigenvalue weighted by molar-refractivity contribution is 6.29. The van der Waals surface area contributed by atoms with E-state index in [2.05, 4.69) is 25.0 Å². The highest BCUT2D eigenvalue weighted by Crippen LogP contribution is 2.16. The van der Waals surface area contributed by atoms with Crippen molar-refractivity contribution in [1.29, 1.82) is 0 Å². The van der Waals surface area contributed by atoms with Gasteiger partial charge in [0.25, 0.3) is 5.91 Å². The maximum atomic E-state index is 12.6. The van der Waals surface area contributed by atoms with Gasteiger partial charge in [-0.15, -0.1) is 0 Å². The molecule has 0 fully saturated rings. The summed E-state index contributed by atoms with van der Waals surface area (Å²) < 4.78 is 6.10. The second kappa shape index (κ2) is 6.49. The number of hydrogen-bond donors (Lipinski definition) is 2. The van der Waals surface area contributed by atoms with Gasteiger partial charge in [-0.1, -0.05) is 35.0 Å². The molecule has 3 aromatic heterocycles. The number of H-pyrrole nitrogens is 1. The molecule has 0 unspecified atom stereocenters. The van der Waals surface area contributed by atoms with Crippen molar-refractivity contribution < 1.29 is 9.32 Å². The van der Waals surface area contributed by atoms with E-state index in [9.17, 15) is 9.59 Å². The van der Waals surface area contributed by atoms with Crippen LogP contribution in [0, 0.1) is 0 Å². The molecule has 0 spiro atoms. The maximum absolute atomic E-state index is 12.6. The van der Waals surface area contributed by atoms with Crippen molar-refractivity contribution in [3.8, 4) is 0 Å². The van der Waals surface area contributed by atoms with Crippen LogP contribution in [0.3, 0.4) is 0 Å². The Hall–Kier alpha value is -3.39. The van der Waals surface area contributed by atoms with Gasteiger partial charge in [-0.05, 0) is 29.8 Å². The normalized spacial score (nSPS) is 11.0. The second-order valence-corrected chi connectivity index (χ2v) is 5.96. The van der Waals surface area contributed by atoms with E-state index in [1.807, 2.05) is 12.1 Å². The number of pyridine rings is 1. The molecule has 0 aliphatic carbocycles. The summed E-state index contributed by atoms with van der Waals surface area (Å²) in [6.45, 7) is 0. The first-order chi connectivity index (χ1) is 12.6. The van der Waals surface area contributed by atoms with Crippen molar-refractivity contribution in [2.45, 2.75) is 6.42 Å². The number of benzene rings is 1. The lowest BCUT2D eigenvalue weighted by molar-refractivity contribution is 0.102. The zero-order valence-corrected chi connectivity index (χ0v) is 14.0. The Morgan fingerprint density at radius 3 is 2.77 bits per heavy atom. The van der Waals surface area contributed by atoms with E-state index in [-0.39, 0.29) is 5.91 Å². The van der Waals surface area contributed by atoms with Crippen LogP contribution in [0.25, 0.3) is 5.65 Å². The van der Waals surface area contributed by atoms with Gasteiger partial charge in [-0.2, -0.15) is 0 Å². The van der Waals surface area contributed by atoms with Gasteiger partial charge in [0.05, 0.1) is 0 Å². The Bertz CT molecular complexity index is 1140. The Kier molecular flexibility index (Phi) is 4.02. The van der Waals surface area contributed by atoms with Gasteiger partial charge in [0, 0.05) is 18.3 Å². The van der Waals surface area contributed by atoms with E-state index in [4.69, 9.17) is 11.6 Å². The molecule has 0 aliphatic heterocycles. The average Bonchev–Trinajstić information content (AvgIpc) is 3.20. The summed E-state index contributed by atoms with van der Waals surface area (Å²) in [4.78, 5) is 30.1. The van der Waals surface area contributed by atoms with Crippen LogP contribution in [-0.2, 0) is 6.42 Å². The zero-order valence-electron chi connectivity index (χ0n) is 13.3. The van der Waals surface area contributed by atoms with Gasteiger partial charge in [0.1, 0.15) is 16.5 Å².